The van der Waals surface area contributed by atoms with E-state index in [1.165, 1.54) is 4.90 Å². The molecule has 1 aromatic carbocycles. The minimum Gasteiger partial charge on any atom is -0.459 e. The fraction of sp³-hybridized carbons (Fsp3) is 0.474. The summed E-state index contributed by atoms with van der Waals surface area (Å²) in [5.41, 5.74) is 2.01. The van der Waals surface area contributed by atoms with E-state index < -0.39 is 0 Å². The van der Waals surface area contributed by atoms with Gasteiger partial charge in [-0.15, -0.1) is 24.0 Å². The Balaban J connectivity index is 0.00000338. The van der Waals surface area contributed by atoms with Crippen LogP contribution >= 0.6 is 24.0 Å². The number of aryl methyl sites for hydroxylation is 1. The molecule has 2 aromatic rings. The van der Waals surface area contributed by atoms with Crippen molar-refractivity contribution in [2.45, 2.75) is 33.2 Å². The maximum atomic E-state index is 11.8. The molecule has 0 aliphatic heterocycles. The summed E-state index contributed by atoms with van der Waals surface area (Å²) in [5, 5.41) is 7.65. The molecule has 7 heteroatoms. The van der Waals surface area contributed by atoms with Crippen LogP contribution in [-0.4, -0.2) is 44.0 Å². The molecule has 0 saturated heterocycles. The Morgan fingerprint density at radius 3 is 2.62 bits per heavy atom. The number of halogens is 1. The van der Waals surface area contributed by atoms with Crippen LogP contribution in [0.4, 0.5) is 0 Å². The van der Waals surface area contributed by atoms with E-state index in [1.807, 2.05) is 18.2 Å². The molecule has 0 aliphatic rings. The van der Waals surface area contributed by atoms with Crippen LogP contribution in [0.25, 0.3) is 11.0 Å². The summed E-state index contributed by atoms with van der Waals surface area (Å²) in [5.74, 6) is 1.48. The third-order valence-electron chi connectivity index (χ3n) is 4.05. The minimum atomic E-state index is -0.0310. The molecule has 1 aromatic heterocycles. The normalized spacial score (nSPS) is 11.2. The summed E-state index contributed by atoms with van der Waals surface area (Å²) in [6.07, 6.45) is 2.14. The summed E-state index contributed by atoms with van der Waals surface area (Å²) in [7, 11) is 3.46. The average molecular weight is 472 g/mol. The quantitative estimate of drug-likeness (QED) is 0.281. The van der Waals surface area contributed by atoms with Crippen molar-refractivity contribution in [2.24, 2.45) is 4.99 Å². The number of unbranched alkanes of at least 4 members (excludes halogenated alkanes) is 1. The van der Waals surface area contributed by atoms with Gasteiger partial charge >= 0.3 is 0 Å². The van der Waals surface area contributed by atoms with E-state index in [9.17, 15) is 4.79 Å². The number of hydrogen-bond donors (Lipinski definition) is 2. The van der Waals surface area contributed by atoms with Gasteiger partial charge in [-0.1, -0.05) is 31.5 Å². The van der Waals surface area contributed by atoms with Crippen LogP contribution in [0.3, 0.4) is 0 Å². The Labute approximate surface area is 172 Å². The smallest absolute Gasteiger partial charge is 0.243 e. The first-order chi connectivity index (χ1) is 12.0. The van der Waals surface area contributed by atoms with Gasteiger partial charge in [-0.05, 0) is 19.4 Å². The molecule has 0 atom stereocenters. The SMILES string of the molecule is CCCCNC(=NCC(=O)N(C)C)NCc1oc2ccccc2c1C.I. The van der Waals surface area contributed by atoms with Crippen LogP contribution in [0, 0.1) is 6.92 Å². The first-order valence-corrected chi connectivity index (χ1v) is 8.72. The average Bonchev–Trinajstić information content (AvgIpc) is 2.93. The number of guanidine groups is 1. The number of benzene rings is 1. The predicted octanol–water partition coefficient (Wildman–Crippen LogP) is 3.28. The maximum Gasteiger partial charge on any atom is 0.243 e. The standard InChI is InChI=1S/C19H28N4O2.HI/c1-5-6-11-20-19(22-13-18(24)23(3)4)21-12-17-14(2)15-9-7-8-10-16(15)25-17;/h7-10H,5-6,11-13H2,1-4H3,(H2,20,21,22);1H. The second-order valence-corrected chi connectivity index (χ2v) is 6.23. The Bertz CT molecular complexity index is 740. The topological polar surface area (TPSA) is 69.9 Å². The van der Waals surface area contributed by atoms with Crippen molar-refractivity contribution in [1.82, 2.24) is 15.5 Å². The lowest BCUT2D eigenvalue weighted by Gasteiger charge is -2.13. The van der Waals surface area contributed by atoms with Crippen molar-refractivity contribution >= 4 is 46.8 Å². The molecule has 0 saturated carbocycles. The Hall–Kier alpha value is -1.77. The van der Waals surface area contributed by atoms with E-state index in [-0.39, 0.29) is 36.4 Å². The summed E-state index contributed by atoms with van der Waals surface area (Å²) >= 11 is 0. The number of nitrogens with zero attached hydrogens (tertiary/aromatic N) is 2. The largest absolute Gasteiger partial charge is 0.459 e. The molecule has 144 valence electrons. The van der Waals surface area contributed by atoms with Crippen LogP contribution in [0.15, 0.2) is 33.7 Å². The van der Waals surface area contributed by atoms with Crippen molar-refractivity contribution < 1.29 is 9.21 Å². The first kappa shape index (κ1) is 22.3. The number of para-hydroxylation sites is 1. The number of fused-ring (bicyclic) bond motifs is 1. The number of furan rings is 1. The molecule has 0 spiro atoms. The van der Waals surface area contributed by atoms with Crippen LogP contribution in [0.5, 0.6) is 0 Å². The Kier molecular flexibility index (Phi) is 9.47. The third kappa shape index (κ3) is 6.19. The highest BCUT2D eigenvalue weighted by atomic mass is 127. The number of nitrogens with one attached hydrogen (secondary N) is 2. The van der Waals surface area contributed by atoms with Crippen LogP contribution < -0.4 is 10.6 Å². The zero-order chi connectivity index (χ0) is 18.2. The zero-order valence-corrected chi connectivity index (χ0v) is 18.3. The summed E-state index contributed by atoms with van der Waals surface area (Å²) in [4.78, 5) is 17.7. The van der Waals surface area contributed by atoms with Gasteiger partial charge in [-0.25, -0.2) is 4.99 Å². The van der Waals surface area contributed by atoms with Gasteiger partial charge in [0, 0.05) is 31.6 Å². The highest BCUT2D eigenvalue weighted by molar-refractivity contribution is 14.0. The molecule has 1 amide bonds. The number of hydrogen-bond acceptors (Lipinski definition) is 3. The second-order valence-electron chi connectivity index (χ2n) is 6.23. The van der Waals surface area contributed by atoms with Crippen molar-refractivity contribution in [3.63, 3.8) is 0 Å². The van der Waals surface area contributed by atoms with Gasteiger partial charge in [0.2, 0.25) is 5.91 Å². The predicted molar refractivity (Wildman–Crippen MR) is 117 cm³/mol. The van der Waals surface area contributed by atoms with Crippen molar-refractivity contribution in [2.75, 3.05) is 27.2 Å². The molecule has 0 aliphatic carbocycles. The molecule has 0 fully saturated rings. The molecular weight excluding hydrogens is 443 g/mol. The van der Waals surface area contributed by atoms with Gasteiger partial charge < -0.3 is 20.0 Å². The number of likely N-dealkylation sites (N-methyl/N-ethyl adjacent to an activating group) is 1. The molecule has 2 rings (SSSR count). The highest BCUT2D eigenvalue weighted by Gasteiger charge is 2.11. The fourth-order valence-corrected chi connectivity index (χ4v) is 2.40. The van der Waals surface area contributed by atoms with Crippen molar-refractivity contribution in [1.29, 1.82) is 0 Å². The highest BCUT2D eigenvalue weighted by Crippen LogP contribution is 2.24. The van der Waals surface area contributed by atoms with Crippen LogP contribution in [0.2, 0.25) is 0 Å². The first-order valence-electron chi connectivity index (χ1n) is 8.72. The number of rotatable bonds is 7. The molecule has 0 unspecified atom stereocenters. The second kappa shape index (κ2) is 11.1. The van der Waals surface area contributed by atoms with Gasteiger partial charge in [0.15, 0.2) is 5.96 Å². The molecular formula is C19H29IN4O2. The molecule has 1 heterocycles. The summed E-state index contributed by atoms with van der Waals surface area (Å²) < 4.78 is 5.92. The van der Waals surface area contributed by atoms with Crippen molar-refractivity contribution in [3.8, 4) is 0 Å². The lowest BCUT2D eigenvalue weighted by atomic mass is 10.1. The van der Waals surface area contributed by atoms with E-state index in [1.54, 1.807) is 14.1 Å². The van der Waals surface area contributed by atoms with Crippen LogP contribution in [-0.2, 0) is 11.3 Å². The maximum absolute atomic E-state index is 11.8. The number of carbonyl (C=O) groups excluding carboxylic acids is 1. The lowest BCUT2D eigenvalue weighted by Crippen LogP contribution is -2.38. The van der Waals surface area contributed by atoms with E-state index in [4.69, 9.17) is 4.42 Å². The fourth-order valence-electron chi connectivity index (χ4n) is 2.40. The molecule has 2 N–H and O–H groups in total. The molecule has 0 bridgehead atoms. The van der Waals surface area contributed by atoms with Gasteiger partial charge in [-0.3, -0.25) is 4.79 Å². The number of amides is 1. The number of aliphatic imine (C=N–C) groups is 1. The van der Waals surface area contributed by atoms with E-state index >= 15 is 0 Å². The Morgan fingerprint density at radius 2 is 1.96 bits per heavy atom. The molecule has 6 nitrogen and oxygen atoms in total. The van der Waals surface area contributed by atoms with Crippen LogP contribution in [0.1, 0.15) is 31.1 Å². The van der Waals surface area contributed by atoms with Gasteiger partial charge in [0.25, 0.3) is 0 Å². The summed E-state index contributed by atoms with van der Waals surface area (Å²) in [6.45, 7) is 5.65. The minimum absolute atomic E-state index is 0. The zero-order valence-electron chi connectivity index (χ0n) is 16.0. The Morgan fingerprint density at radius 1 is 1.23 bits per heavy atom. The van der Waals surface area contributed by atoms with E-state index in [0.29, 0.717) is 12.5 Å². The molecule has 0 radical (unpaired) electrons. The van der Waals surface area contributed by atoms with Crippen molar-refractivity contribution in [3.05, 3.63) is 35.6 Å². The number of carbonyl (C=O) groups is 1. The molecule has 26 heavy (non-hydrogen) atoms. The third-order valence-corrected chi connectivity index (χ3v) is 4.05. The van der Waals surface area contributed by atoms with E-state index in [2.05, 4.69) is 35.5 Å². The van der Waals surface area contributed by atoms with Gasteiger partial charge in [0.1, 0.15) is 17.9 Å². The van der Waals surface area contributed by atoms with E-state index in [0.717, 1.165) is 41.7 Å². The summed E-state index contributed by atoms with van der Waals surface area (Å²) in [6, 6.07) is 8.00. The van der Waals surface area contributed by atoms with Gasteiger partial charge in [0.05, 0.1) is 6.54 Å². The monoisotopic (exact) mass is 472 g/mol. The van der Waals surface area contributed by atoms with Gasteiger partial charge in [-0.2, -0.15) is 0 Å². The lowest BCUT2D eigenvalue weighted by molar-refractivity contribution is -0.127.